The molecule has 0 aromatic carbocycles. The molecule has 82 valence electrons. The fourth-order valence-electron chi connectivity index (χ4n) is 2.62. The molecule has 2 rings (SSSR count). The molecule has 0 N–H and O–H groups in total. The van der Waals surface area contributed by atoms with Crippen LogP contribution in [0.5, 0.6) is 0 Å². The normalized spacial score (nSPS) is 33.4. The third-order valence-corrected chi connectivity index (χ3v) is 7.86. The lowest BCUT2D eigenvalue weighted by atomic mass is 9.96. The van der Waals surface area contributed by atoms with Crippen LogP contribution in [0.25, 0.3) is 0 Å². The van der Waals surface area contributed by atoms with Crippen LogP contribution >= 0.6 is 15.9 Å². The first-order chi connectivity index (χ1) is 6.83. The van der Waals surface area contributed by atoms with E-state index in [2.05, 4.69) is 32.0 Å². The fraction of sp³-hybridized carbons (Fsp3) is 1.00. The lowest BCUT2D eigenvalue weighted by molar-refractivity contribution is 0.109. The molecule has 1 aliphatic carbocycles. The summed E-state index contributed by atoms with van der Waals surface area (Å²) in [5, 5.41) is 0.595. The molecule has 0 spiro atoms. The topological polar surface area (TPSA) is 6.48 Å². The van der Waals surface area contributed by atoms with Gasteiger partial charge in [0.2, 0.25) is 0 Å². The smallest absolute Gasteiger partial charge is 0.177 e. The zero-order valence-electron chi connectivity index (χ0n) is 9.08. The average molecular weight is 277 g/mol. The van der Waals surface area contributed by atoms with Crippen molar-refractivity contribution >= 4 is 25.8 Å². The Bertz CT molecular complexity index is 185. The molecule has 14 heavy (non-hydrogen) atoms. The highest BCUT2D eigenvalue weighted by Crippen LogP contribution is 2.31. The molecule has 0 radical (unpaired) electrons. The summed E-state index contributed by atoms with van der Waals surface area (Å²) in [7, 11) is -0.0506. The molecule has 1 saturated carbocycles. The van der Waals surface area contributed by atoms with Crippen LogP contribution in [0.4, 0.5) is 0 Å². The van der Waals surface area contributed by atoms with E-state index < -0.39 is 0 Å². The Kier molecular flexibility index (Phi) is 4.05. The summed E-state index contributed by atoms with van der Waals surface area (Å²) in [5.41, 5.74) is 0. The zero-order valence-corrected chi connectivity index (χ0v) is 12.1. The zero-order chi connectivity index (χ0) is 9.97. The number of halogens is 1. The molecule has 2 fully saturated rings. The summed E-state index contributed by atoms with van der Waals surface area (Å²) in [6.45, 7) is 3.57. The molecule has 1 saturated heterocycles. The number of hydrogen-bond donors (Lipinski definition) is 0. The predicted molar refractivity (Wildman–Crippen MR) is 67.0 cm³/mol. The quantitative estimate of drug-likeness (QED) is 0.442. The van der Waals surface area contributed by atoms with Gasteiger partial charge in [-0.3, -0.25) is 9.13 Å². The van der Waals surface area contributed by atoms with E-state index >= 15 is 0 Å². The maximum atomic E-state index is 3.82. The van der Waals surface area contributed by atoms with Crippen molar-refractivity contribution in [3.8, 4) is 0 Å². The van der Waals surface area contributed by atoms with E-state index in [0.717, 1.165) is 6.04 Å². The van der Waals surface area contributed by atoms with Crippen LogP contribution in [0.3, 0.4) is 0 Å². The first-order valence-corrected chi connectivity index (χ1v) is 8.15. The van der Waals surface area contributed by atoms with Gasteiger partial charge in [0.25, 0.3) is 0 Å². The minimum Gasteiger partial charge on any atom is -0.293 e. The lowest BCUT2D eigenvalue weighted by Gasteiger charge is -2.52. The second kappa shape index (κ2) is 5.10. The van der Waals surface area contributed by atoms with Crippen molar-refractivity contribution in [3.63, 3.8) is 0 Å². The molecule has 0 aromatic heterocycles. The van der Waals surface area contributed by atoms with Crippen LogP contribution in [-0.2, 0) is 0 Å². The van der Waals surface area contributed by atoms with Gasteiger partial charge in [0.05, 0.1) is 0 Å². The molecule has 1 aliphatic heterocycles. The average Bonchev–Trinajstić information content (AvgIpc) is 2.24. The molecule has 1 unspecified atom stereocenters. The third-order valence-electron chi connectivity index (χ3n) is 3.47. The minimum atomic E-state index is -0.0506. The fourth-order valence-corrected chi connectivity index (χ4v) is 5.82. The maximum absolute atomic E-state index is 3.82. The van der Waals surface area contributed by atoms with Crippen LogP contribution in [0.2, 0.25) is 0 Å². The van der Waals surface area contributed by atoms with E-state index in [0.29, 0.717) is 5.08 Å². The highest BCUT2D eigenvalue weighted by Gasteiger charge is 2.38. The molecule has 2 aliphatic rings. The number of hydrogen-bond acceptors (Lipinski definition) is 2. The van der Waals surface area contributed by atoms with Crippen molar-refractivity contribution in [1.29, 1.82) is 0 Å². The Morgan fingerprint density at radius 2 is 2.00 bits per heavy atom. The van der Waals surface area contributed by atoms with Gasteiger partial charge in [0, 0.05) is 6.04 Å². The molecule has 1 heterocycles. The highest BCUT2D eigenvalue weighted by atomic mass is 79.9. The molecular formula is C10H21BrN2Si. The van der Waals surface area contributed by atoms with Crippen molar-refractivity contribution in [3.05, 3.63) is 0 Å². The second-order valence-electron chi connectivity index (χ2n) is 4.57. The lowest BCUT2D eigenvalue weighted by Crippen LogP contribution is -2.67. The standard InChI is InChI=1S/C10H21BrN2Si/c1-2-8-12-10(11)13(14-12)9-6-4-3-5-7-9/h9-10H,2-8,14H2,1H3. The van der Waals surface area contributed by atoms with E-state index in [4.69, 9.17) is 0 Å². The molecule has 1 atom stereocenters. The van der Waals surface area contributed by atoms with Crippen LogP contribution in [-0.4, -0.2) is 36.6 Å². The highest BCUT2D eigenvalue weighted by molar-refractivity contribution is 9.09. The minimum absolute atomic E-state index is 0.0506. The Morgan fingerprint density at radius 3 is 2.57 bits per heavy atom. The van der Waals surface area contributed by atoms with Gasteiger partial charge in [-0.25, -0.2) is 0 Å². The van der Waals surface area contributed by atoms with Gasteiger partial charge in [-0.1, -0.05) is 42.1 Å². The second-order valence-corrected chi connectivity index (χ2v) is 7.21. The summed E-state index contributed by atoms with van der Waals surface area (Å²) >= 11 is 3.82. The van der Waals surface area contributed by atoms with Gasteiger partial charge in [-0.05, 0) is 25.8 Å². The first-order valence-electron chi connectivity index (χ1n) is 5.97. The third kappa shape index (κ3) is 2.23. The summed E-state index contributed by atoms with van der Waals surface area (Å²) in [6.07, 6.45) is 8.60. The van der Waals surface area contributed by atoms with Crippen molar-refractivity contribution in [2.45, 2.75) is 56.6 Å². The molecule has 4 heteroatoms. The van der Waals surface area contributed by atoms with Gasteiger partial charge in [0.15, 0.2) is 9.84 Å². The number of nitrogens with zero attached hydrogens (tertiary/aromatic N) is 2. The summed E-state index contributed by atoms with van der Waals surface area (Å²) in [4.78, 5) is 0. The summed E-state index contributed by atoms with van der Waals surface area (Å²) in [6, 6.07) is 0.924. The molecule has 0 aromatic rings. The van der Waals surface area contributed by atoms with Crippen molar-refractivity contribution in [2.24, 2.45) is 0 Å². The first kappa shape index (κ1) is 11.1. The van der Waals surface area contributed by atoms with E-state index in [1.165, 1.54) is 45.1 Å². The largest absolute Gasteiger partial charge is 0.293 e. The van der Waals surface area contributed by atoms with Crippen LogP contribution in [0, 0.1) is 0 Å². The monoisotopic (exact) mass is 276 g/mol. The van der Waals surface area contributed by atoms with Crippen LogP contribution < -0.4 is 0 Å². The van der Waals surface area contributed by atoms with E-state index in [1.54, 1.807) is 0 Å². The molecule has 0 bridgehead atoms. The Balaban J connectivity index is 1.77. The number of alkyl halides is 1. The van der Waals surface area contributed by atoms with Gasteiger partial charge in [-0.15, -0.1) is 0 Å². The Hall–Kier alpha value is 0.617. The van der Waals surface area contributed by atoms with Crippen LogP contribution in [0.15, 0.2) is 0 Å². The molecule has 2 nitrogen and oxygen atoms in total. The van der Waals surface area contributed by atoms with Crippen LogP contribution in [0.1, 0.15) is 45.4 Å². The predicted octanol–water partition coefficient (Wildman–Crippen LogP) is 2.02. The SMILES string of the molecule is CCCN1[SiH2]N(C2CCCCC2)C1Br. The molecule has 0 amide bonds. The van der Waals surface area contributed by atoms with E-state index in [9.17, 15) is 0 Å². The Labute approximate surface area is 98.1 Å². The van der Waals surface area contributed by atoms with Gasteiger partial charge in [-0.2, -0.15) is 0 Å². The summed E-state index contributed by atoms with van der Waals surface area (Å²) in [5.74, 6) is 0. The maximum Gasteiger partial charge on any atom is 0.177 e. The molecular weight excluding hydrogens is 256 g/mol. The van der Waals surface area contributed by atoms with Gasteiger partial charge < -0.3 is 0 Å². The number of rotatable bonds is 3. The van der Waals surface area contributed by atoms with Crippen molar-refractivity contribution in [2.75, 3.05) is 6.54 Å². The van der Waals surface area contributed by atoms with Gasteiger partial charge in [0.1, 0.15) is 5.08 Å². The van der Waals surface area contributed by atoms with Crippen molar-refractivity contribution < 1.29 is 0 Å². The summed E-state index contributed by atoms with van der Waals surface area (Å²) < 4.78 is 5.41. The van der Waals surface area contributed by atoms with Crippen molar-refractivity contribution in [1.82, 2.24) is 9.13 Å². The van der Waals surface area contributed by atoms with E-state index in [-0.39, 0.29) is 9.84 Å². The van der Waals surface area contributed by atoms with Gasteiger partial charge >= 0.3 is 0 Å². The van der Waals surface area contributed by atoms with E-state index in [1.807, 2.05) is 0 Å². The Morgan fingerprint density at radius 1 is 1.29 bits per heavy atom.